The predicted molar refractivity (Wildman–Crippen MR) is 105 cm³/mol. The number of aromatic nitrogens is 3. The van der Waals surface area contributed by atoms with Crippen molar-refractivity contribution in [3.05, 3.63) is 54.6 Å². The molecule has 1 fully saturated rings. The highest BCUT2D eigenvalue weighted by atomic mass is 19.1. The van der Waals surface area contributed by atoms with E-state index in [1.165, 1.54) is 17.0 Å². The number of carboxylic acid groups (broad SMARTS) is 1. The van der Waals surface area contributed by atoms with Crippen LogP contribution in [0.3, 0.4) is 0 Å². The third-order valence-corrected chi connectivity index (χ3v) is 5.59. The number of rotatable bonds is 2. The van der Waals surface area contributed by atoms with Gasteiger partial charge in [-0.05, 0) is 48.7 Å². The lowest BCUT2D eigenvalue weighted by Gasteiger charge is -2.29. The molecule has 0 unspecified atom stereocenters. The molecule has 0 saturated carbocycles. The van der Waals surface area contributed by atoms with E-state index < -0.39 is 6.09 Å². The van der Waals surface area contributed by atoms with Gasteiger partial charge in [0.1, 0.15) is 5.82 Å². The Balaban J connectivity index is 1.46. The molecule has 28 heavy (non-hydrogen) atoms. The predicted octanol–water partition coefficient (Wildman–Crippen LogP) is 4.64. The number of amides is 1. The zero-order chi connectivity index (χ0) is 19.3. The second kappa shape index (κ2) is 6.37. The van der Waals surface area contributed by atoms with Gasteiger partial charge in [0.2, 0.25) is 0 Å². The molecule has 6 nitrogen and oxygen atoms in total. The first-order valence-electron chi connectivity index (χ1n) is 9.32. The van der Waals surface area contributed by atoms with Crippen LogP contribution in [0.1, 0.15) is 18.9 Å². The van der Waals surface area contributed by atoms with Crippen molar-refractivity contribution in [1.82, 2.24) is 19.7 Å². The summed E-state index contributed by atoms with van der Waals surface area (Å²) in [4.78, 5) is 15.7. The van der Waals surface area contributed by atoms with Crippen LogP contribution in [0.2, 0.25) is 0 Å². The van der Waals surface area contributed by atoms with Gasteiger partial charge < -0.3 is 15.0 Å². The summed E-state index contributed by atoms with van der Waals surface area (Å²) in [6.45, 7) is 1.07. The van der Waals surface area contributed by atoms with Crippen molar-refractivity contribution in [1.29, 1.82) is 0 Å². The van der Waals surface area contributed by atoms with E-state index in [0.29, 0.717) is 13.1 Å². The SMILES string of the molecule is O=C(O)N1CCC(n2cc3cc(-c4c[nH]c5cc(F)ccc45)ccc3n2)CC1. The average Bonchev–Trinajstić information content (AvgIpc) is 3.31. The third kappa shape index (κ3) is 2.79. The molecule has 1 saturated heterocycles. The van der Waals surface area contributed by atoms with Crippen LogP contribution >= 0.6 is 0 Å². The zero-order valence-electron chi connectivity index (χ0n) is 15.1. The summed E-state index contributed by atoms with van der Waals surface area (Å²) in [5.74, 6) is -0.258. The number of H-pyrrole nitrogens is 1. The maximum Gasteiger partial charge on any atom is 0.407 e. The minimum atomic E-state index is -0.854. The quantitative estimate of drug-likeness (QED) is 0.534. The number of hydrogen-bond donors (Lipinski definition) is 2. The van der Waals surface area contributed by atoms with Crippen LogP contribution in [0.4, 0.5) is 9.18 Å². The maximum absolute atomic E-state index is 13.4. The molecule has 1 aliphatic rings. The van der Waals surface area contributed by atoms with Crippen molar-refractivity contribution in [3.8, 4) is 11.1 Å². The average molecular weight is 378 g/mol. The van der Waals surface area contributed by atoms with Gasteiger partial charge in [0.15, 0.2) is 0 Å². The van der Waals surface area contributed by atoms with Gasteiger partial charge in [-0.1, -0.05) is 6.07 Å². The number of nitrogens with zero attached hydrogens (tertiary/aromatic N) is 3. The summed E-state index contributed by atoms with van der Waals surface area (Å²) in [5, 5.41) is 15.8. The summed E-state index contributed by atoms with van der Waals surface area (Å²) in [6, 6.07) is 11.1. The van der Waals surface area contributed by atoms with E-state index in [9.17, 15) is 9.18 Å². The van der Waals surface area contributed by atoms with E-state index in [1.807, 2.05) is 29.2 Å². The number of likely N-dealkylation sites (tertiary alicyclic amines) is 1. The number of carbonyl (C=O) groups is 1. The van der Waals surface area contributed by atoms with Crippen molar-refractivity contribution in [2.75, 3.05) is 13.1 Å². The van der Waals surface area contributed by atoms with E-state index in [4.69, 9.17) is 10.2 Å². The molecular formula is C21H19FN4O2. The number of piperidine rings is 1. The summed E-state index contributed by atoms with van der Waals surface area (Å²) in [7, 11) is 0. The van der Waals surface area contributed by atoms with E-state index in [0.717, 1.165) is 45.8 Å². The van der Waals surface area contributed by atoms with Crippen molar-refractivity contribution in [2.45, 2.75) is 18.9 Å². The van der Waals surface area contributed by atoms with Crippen molar-refractivity contribution >= 4 is 27.9 Å². The highest BCUT2D eigenvalue weighted by molar-refractivity contribution is 5.97. The molecule has 2 aromatic heterocycles. The first-order chi connectivity index (χ1) is 13.6. The van der Waals surface area contributed by atoms with Crippen LogP contribution in [0.25, 0.3) is 32.9 Å². The Morgan fingerprint density at radius 2 is 2.00 bits per heavy atom. The molecule has 2 aromatic carbocycles. The fourth-order valence-electron chi connectivity index (χ4n) is 4.06. The lowest BCUT2D eigenvalue weighted by Crippen LogP contribution is -2.38. The maximum atomic E-state index is 13.4. The Labute approximate surface area is 160 Å². The minimum Gasteiger partial charge on any atom is -0.465 e. The number of nitrogens with one attached hydrogen (secondary N) is 1. The summed E-state index contributed by atoms with van der Waals surface area (Å²) in [5.41, 5.74) is 3.76. The molecule has 5 rings (SSSR count). The Hall–Kier alpha value is -3.35. The summed E-state index contributed by atoms with van der Waals surface area (Å²) in [6.07, 6.45) is 4.61. The zero-order valence-corrected chi connectivity index (χ0v) is 15.1. The molecule has 4 aromatic rings. The van der Waals surface area contributed by atoms with Gasteiger partial charge in [-0.3, -0.25) is 4.68 Å². The molecule has 0 bridgehead atoms. The summed E-state index contributed by atoms with van der Waals surface area (Å²) >= 11 is 0. The van der Waals surface area contributed by atoms with Crippen molar-refractivity contribution < 1.29 is 14.3 Å². The van der Waals surface area contributed by atoms with Crippen LogP contribution in [0.15, 0.2) is 48.8 Å². The number of fused-ring (bicyclic) bond motifs is 2. The molecule has 0 spiro atoms. The van der Waals surface area contributed by atoms with Crippen LogP contribution in [0.5, 0.6) is 0 Å². The smallest absolute Gasteiger partial charge is 0.407 e. The molecule has 1 amide bonds. The third-order valence-electron chi connectivity index (χ3n) is 5.59. The lowest BCUT2D eigenvalue weighted by atomic mass is 10.0. The molecule has 0 aliphatic carbocycles. The number of benzene rings is 2. The fourth-order valence-corrected chi connectivity index (χ4v) is 4.06. The van der Waals surface area contributed by atoms with Crippen LogP contribution in [-0.4, -0.2) is 44.0 Å². The number of hydrogen-bond acceptors (Lipinski definition) is 2. The highest BCUT2D eigenvalue weighted by Crippen LogP contribution is 2.32. The fraction of sp³-hybridized carbons (Fsp3) is 0.238. The van der Waals surface area contributed by atoms with Crippen LogP contribution in [0, 0.1) is 5.82 Å². The Morgan fingerprint density at radius 3 is 2.79 bits per heavy atom. The van der Waals surface area contributed by atoms with Gasteiger partial charge >= 0.3 is 6.09 Å². The standard InChI is InChI=1S/C21H19FN4O2/c22-15-2-3-17-18(11-23-20(17)10-15)13-1-4-19-14(9-13)12-26(24-19)16-5-7-25(8-6-16)21(27)28/h1-4,9-12,16,23H,5-8H2,(H,27,28). The van der Waals surface area contributed by atoms with E-state index in [-0.39, 0.29) is 11.9 Å². The molecule has 7 heteroatoms. The Kier molecular flexibility index (Phi) is 3.82. The van der Waals surface area contributed by atoms with Gasteiger partial charge in [0, 0.05) is 47.3 Å². The molecule has 3 heterocycles. The van der Waals surface area contributed by atoms with Crippen molar-refractivity contribution in [2.24, 2.45) is 0 Å². The number of aromatic amines is 1. The highest BCUT2D eigenvalue weighted by Gasteiger charge is 2.24. The second-order valence-corrected chi connectivity index (χ2v) is 7.28. The van der Waals surface area contributed by atoms with Gasteiger partial charge in [-0.2, -0.15) is 5.10 Å². The van der Waals surface area contributed by atoms with Gasteiger partial charge in [0.05, 0.1) is 11.6 Å². The molecule has 142 valence electrons. The van der Waals surface area contributed by atoms with E-state index >= 15 is 0 Å². The van der Waals surface area contributed by atoms with Gasteiger partial charge in [0.25, 0.3) is 0 Å². The molecule has 1 aliphatic heterocycles. The minimum absolute atomic E-state index is 0.211. The molecule has 2 N–H and O–H groups in total. The molecule has 0 radical (unpaired) electrons. The van der Waals surface area contributed by atoms with Crippen LogP contribution in [-0.2, 0) is 0 Å². The second-order valence-electron chi connectivity index (χ2n) is 7.28. The van der Waals surface area contributed by atoms with Crippen molar-refractivity contribution in [3.63, 3.8) is 0 Å². The normalized spacial score (nSPS) is 15.5. The van der Waals surface area contributed by atoms with Gasteiger partial charge in [-0.15, -0.1) is 0 Å². The van der Waals surface area contributed by atoms with Gasteiger partial charge in [-0.25, -0.2) is 9.18 Å². The first-order valence-corrected chi connectivity index (χ1v) is 9.32. The largest absolute Gasteiger partial charge is 0.465 e. The van der Waals surface area contributed by atoms with Crippen LogP contribution < -0.4 is 0 Å². The Bertz CT molecular complexity index is 1190. The molecule has 0 atom stereocenters. The number of halogens is 1. The Morgan fingerprint density at radius 1 is 1.18 bits per heavy atom. The monoisotopic (exact) mass is 378 g/mol. The first kappa shape index (κ1) is 16.8. The topological polar surface area (TPSA) is 74.2 Å². The van der Waals surface area contributed by atoms with E-state index in [2.05, 4.69) is 11.1 Å². The van der Waals surface area contributed by atoms with E-state index in [1.54, 1.807) is 6.07 Å². The summed E-state index contributed by atoms with van der Waals surface area (Å²) < 4.78 is 15.4. The lowest BCUT2D eigenvalue weighted by molar-refractivity contribution is 0.124. The molecular weight excluding hydrogens is 359 g/mol.